The molecule has 34 heavy (non-hydrogen) atoms. The van der Waals surface area contributed by atoms with Crippen LogP contribution >= 0.6 is 0 Å². The van der Waals surface area contributed by atoms with Crippen LogP contribution in [0.4, 0.5) is 27.7 Å². The lowest BCUT2D eigenvalue weighted by Gasteiger charge is -2.12. The minimum Gasteiger partial charge on any atom is -0.507 e. The van der Waals surface area contributed by atoms with Crippen molar-refractivity contribution < 1.29 is 35.4 Å². The Balaban J connectivity index is 1.66. The van der Waals surface area contributed by atoms with Crippen molar-refractivity contribution in [1.82, 2.24) is 15.0 Å². The molecule has 0 aliphatic rings. The van der Waals surface area contributed by atoms with Crippen molar-refractivity contribution in [2.24, 2.45) is 0 Å². The Morgan fingerprint density at radius 1 is 0.765 bits per heavy atom. The number of hydrogen-bond acceptors (Lipinski definition) is 10. The maximum absolute atomic E-state index is 14.0. The molecule has 0 radical (unpaired) electrons. The van der Waals surface area contributed by atoms with Gasteiger partial charge in [0.15, 0.2) is 0 Å². The van der Waals surface area contributed by atoms with Crippen molar-refractivity contribution in [3.05, 3.63) is 60.7 Å². The Morgan fingerprint density at radius 3 is 2.00 bits per heavy atom. The van der Waals surface area contributed by atoms with E-state index < -0.39 is 37.0 Å². The Hall–Kier alpha value is -3.92. The van der Waals surface area contributed by atoms with Gasteiger partial charge in [0.25, 0.3) is 20.2 Å². The molecule has 0 bridgehead atoms. The SMILES string of the molecule is O=S(=O)(O)c1ccc(Nc2nc(F)nc(Nc3cccc4cc(S(=O)(=O)O)cc(O)c34)n2)cc1. The maximum atomic E-state index is 14.0. The first-order valence-corrected chi connectivity index (χ1v) is 12.0. The molecule has 5 N–H and O–H groups in total. The molecule has 0 atom stereocenters. The zero-order valence-electron chi connectivity index (χ0n) is 16.7. The number of fused-ring (bicyclic) bond motifs is 1. The second-order valence-electron chi connectivity index (χ2n) is 6.82. The monoisotopic (exact) mass is 507 g/mol. The van der Waals surface area contributed by atoms with Crippen molar-refractivity contribution in [1.29, 1.82) is 0 Å². The van der Waals surface area contributed by atoms with Gasteiger partial charge in [-0.1, -0.05) is 12.1 Å². The zero-order chi connectivity index (χ0) is 24.7. The molecule has 4 rings (SSSR count). The average molecular weight is 507 g/mol. The van der Waals surface area contributed by atoms with Gasteiger partial charge in [-0.25, -0.2) is 0 Å². The van der Waals surface area contributed by atoms with E-state index in [1.807, 2.05) is 0 Å². The highest BCUT2D eigenvalue weighted by atomic mass is 32.2. The summed E-state index contributed by atoms with van der Waals surface area (Å²) in [5, 5.41) is 16.1. The molecule has 0 amide bonds. The third-order valence-corrected chi connectivity index (χ3v) is 6.19. The number of aromatic hydroxyl groups is 1. The number of phenolic OH excluding ortho intramolecular Hbond substituents is 1. The van der Waals surface area contributed by atoms with Crippen LogP contribution in [-0.2, 0) is 20.2 Å². The molecule has 0 spiro atoms. The topological polar surface area (TPSA) is 192 Å². The lowest BCUT2D eigenvalue weighted by atomic mass is 10.1. The van der Waals surface area contributed by atoms with E-state index in [4.69, 9.17) is 4.55 Å². The van der Waals surface area contributed by atoms with Crippen LogP contribution in [-0.4, -0.2) is 46.0 Å². The van der Waals surface area contributed by atoms with E-state index in [2.05, 4.69) is 25.6 Å². The molecule has 12 nitrogen and oxygen atoms in total. The van der Waals surface area contributed by atoms with Crippen LogP contribution in [0.1, 0.15) is 0 Å². The molecule has 0 fully saturated rings. The molecule has 0 aliphatic heterocycles. The number of hydrogen-bond donors (Lipinski definition) is 5. The number of phenols is 1. The van der Waals surface area contributed by atoms with E-state index in [0.717, 1.165) is 24.3 Å². The minimum absolute atomic E-state index is 0.158. The normalized spacial score (nSPS) is 12.0. The van der Waals surface area contributed by atoms with E-state index in [0.29, 0.717) is 0 Å². The first-order chi connectivity index (χ1) is 15.9. The van der Waals surface area contributed by atoms with E-state index >= 15 is 0 Å². The summed E-state index contributed by atoms with van der Waals surface area (Å²) in [6.07, 6.45) is -1.16. The molecule has 1 heterocycles. The summed E-state index contributed by atoms with van der Waals surface area (Å²) in [4.78, 5) is 10.2. The third kappa shape index (κ3) is 5.01. The van der Waals surface area contributed by atoms with Crippen molar-refractivity contribution in [3.8, 4) is 5.75 Å². The summed E-state index contributed by atoms with van der Waals surface area (Å²) in [6.45, 7) is 0. The molecule has 3 aromatic carbocycles. The second-order valence-corrected chi connectivity index (χ2v) is 9.67. The smallest absolute Gasteiger partial charge is 0.315 e. The van der Waals surface area contributed by atoms with Crippen LogP contribution in [0.25, 0.3) is 10.8 Å². The Bertz CT molecular complexity index is 1630. The summed E-state index contributed by atoms with van der Waals surface area (Å²) in [5.74, 6) is -0.983. The minimum atomic E-state index is -4.56. The van der Waals surface area contributed by atoms with Crippen LogP contribution in [0.3, 0.4) is 0 Å². The van der Waals surface area contributed by atoms with Crippen molar-refractivity contribution in [3.63, 3.8) is 0 Å². The van der Waals surface area contributed by atoms with Gasteiger partial charge >= 0.3 is 6.08 Å². The first-order valence-electron chi connectivity index (χ1n) is 9.16. The number of anilines is 4. The van der Waals surface area contributed by atoms with E-state index in [1.54, 1.807) is 0 Å². The van der Waals surface area contributed by atoms with Crippen LogP contribution < -0.4 is 10.6 Å². The first kappa shape index (κ1) is 23.2. The van der Waals surface area contributed by atoms with Crippen LogP contribution in [0, 0.1) is 6.08 Å². The van der Waals surface area contributed by atoms with Crippen molar-refractivity contribution >= 4 is 54.3 Å². The summed E-state index contributed by atoms with van der Waals surface area (Å²) in [5.41, 5.74) is 0.482. The number of nitrogens with one attached hydrogen (secondary N) is 2. The number of aromatic nitrogens is 3. The largest absolute Gasteiger partial charge is 0.507 e. The molecule has 0 saturated heterocycles. The van der Waals surface area contributed by atoms with E-state index in [-0.39, 0.29) is 38.9 Å². The molecule has 15 heteroatoms. The van der Waals surface area contributed by atoms with Gasteiger partial charge in [-0.05, 0) is 41.8 Å². The number of rotatable bonds is 6. The van der Waals surface area contributed by atoms with Crippen molar-refractivity contribution in [2.75, 3.05) is 10.6 Å². The average Bonchev–Trinajstić information content (AvgIpc) is 2.72. The molecule has 0 aliphatic carbocycles. The van der Waals surface area contributed by atoms with Gasteiger partial charge in [-0.2, -0.15) is 36.2 Å². The molecule has 4 aromatic rings. The molecule has 1 aromatic heterocycles. The summed E-state index contributed by atoms with van der Waals surface area (Å²) in [6, 6.07) is 11.4. The number of nitrogens with zero attached hydrogens (tertiary/aromatic N) is 3. The third-order valence-electron chi connectivity index (χ3n) is 4.49. The predicted octanol–water partition coefficient (Wildman–Crippen LogP) is 2.85. The Morgan fingerprint density at radius 2 is 1.38 bits per heavy atom. The van der Waals surface area contributed by atoms with E-state index in [9.17, 15) is 30.9 Å². The Labute approximate surface area is 191 Å². The summed E-state index contributed by atoms with van der Waals surface area (Å²) < 4.78 is 77.4. The second kappa shape index (κ2) is 8.45. The molecule has 176 valence electrons. The van der Waals surface area contributed by atoms with Gasteiger partial charge in [-0.15, -0.1) is 0 Å². The van der Waals surface area contributed by atoms with Crippen molar-refractivity contribution in [2.45, 2.75) is 9.79 Å². The van der Waals surface area contributed by atoms with Crippen LogP contribution in [0.5, 0.6) is 5.75 Å². The quantitative estimate of drug-likeness (QED) is 0.240. The van der Waals surface area contributed by atoms with Gasteiger partial charge in [0.1, 0.15) is 5.75 Å². The fourth-order valence-electron chi connectivity index (χ4n) is 3.05. The Kier molecular flexibility index (Phi) is 5.78. The van der Waals surface area contributed by atoms with Crippen LogP contribution in [0.2, 0.25) is 0 Å². The van der Waals surface area contributed by atoms with E-state index in [1.165, 1.54) is 30.3 Å². The van der Waals surface area contributed by atoms with Gasteiger partial charge < -0.3 is 15.7 Å². The fourth-order valence-corrected chi connectivity index (χ4v) is 4.07. The highest BCUT2D eigenvalue weighted by molar-refractivity contribution is 7.86. The zero-order valence-corrected chi connectivity index (χ0v) is 18.3. The predicted molar refractivity (Wildman–Crippen MR) is 118 cm³/mol. The lowest BCUT2D eigenvalue weighted by Crippen LogP contribution is -2.06. The van der Waals surface area contributed by atoms with Gasteiger partial charge in [0.2, 0.25) is 11.9 Å². The summed E-state index contributed by atoms with van der Waals surface area (Å²) >= 11 is 0. The summed E-state index contributed by atoms with van der Waals surface area (Å²) in [7, 11) is -8.94. The molecular formula is C19H14FN5O7S2. The van der Waals surface area contributed by atoms with Gasteiger partial charge in [0, 0.05) is 17.1 Å². The molecule has 0 saturated carbocycles. The molecule has 0 unspecified atom stereocenters. The number of halogens is 1. The van der Waals surface area contributed by atoms with Gasteiger partial charge in [0.05, 0.1) is 15.5 Å². The van der Waals surface area contributed by atoms with Gasteiger partial charge in [-0.3, -0.25) is 9.11 Å². The standard InChI is InChI=1S/C19H14FN5O7S2/c20-17-23-18(21-11-4-6-12(7-5-11)33(27,28)29)25-19(24-17)22-14-3-1-2-10-8-13(34(30,31)32)9-15(26)16(10)14/h1-9,26H,(H,27,28,29)(H,30,31,32)(H2,21,22,23,24,25). The highest BCUT2D eigenvalue weighted by Gasteiger charge is 2.16. The van der Waals surface area contributed by atoms with Crippen LogP contribution in [0.15, 0.2) is 64.4 Å². The number of benzene rings is 3. The fraction of sp³-hybridized carbons (Fsp3) is 0. The highest BCUT2D eigenvalue weighted by Crippen LogP contribution is 2.35. The lowest BCUT2D eigenvalue weighted by molar-refractivity contribution is 0.471. The maximum Gasteiger partial charge on any atom is 0.315 e. The molecular weight excluding hydrogens is 493 g/mol.